The molecule has 88 valence electrons. The molecular formula is C14H13BrIN. The normalized spacial score (nSPS) is 12.4. The summed E-state index contributed by atoms with van der Waals surface area (Å²) in [5.41, 5.74) is 8.73. The molecule has 0 fully saturated rings. The molecule has 3 heteroatoms. The lowest BCUT2D eigenvalue weighted by atomic mass is 10.00. The number of nitrogens with two attached hydrogens (primary N) is 1. The van der Waals surface area contributed by atoms with Gasteiger partial charge in [0.05, 0.1) is 0 Å². The Morgan fingerprint density at radius 3 is 2.41 bits per heavy atom. The van der Waals surface area contributed by atoms with E-state index in [4.69, 9.17) is 5.73 Å². The van der Waals surface area contributed by atoms with Gasteiger partial charge in [-0.15, -0.1) is 0 Å². The Balaban J connectivity index is 2.20. The van der Waals surface area contributed by atoms with E-state index in [0.717, 1.165) is 10.9 Å². The minimum absolute atomic E-state index is 0.0433. The average Bonchev–Trinajstić information content (AvgIpc) is 2.32. The van der Waals surface area contributed by atoms with Gasteiger partial charge in [0.25, 0.3) is 0 Å². The van der Waals surface area contributed by atoms with Gasteiger partial charge in [0.1, 0.15) is 0 Å². The third-order valence-electron chi connectivity index (χ3n) is 2.70. The number of halogens is 2. The number of rotatable bonds is 3. The Bertz CT molecular complexity index is 513. The van der Waals surface area contributed by atoms with E-state index in [1.54, 1.807) is 0 Å². The van der Waals surface area contributed by atoms with Crippen LogP contribution < -0.4 is 5.73 Å². The van der Waals surface area contributed by atoms with Crippen molar-refractivity contribution in [1.29, 1.82) is 0 Å². The standard InChI is InChI=1S/C14H13BrIN/c15-12-7-3-1-5-10(12)9-14(17)11-6-2-4-8-13(11)16/h1-8,14H,9,17H2. The van der Waals surface area contributed by atoms with Crippen molar-refractivity contribution < 1.29 is 0 Å². The molecule has 1 unspecified atom stereocenters. The molecule has 0 saturated carbocycles. The van der Waals surface area contributed by atoms with E-state index in [-0.39, 0.29) is 6.04 Å². The third-order valence-corrected chi connectivity index (χ3v) is 4.46. The van der Waals surface area contributed by atoms with Crippen LogP contribution >= 0.6 is 38.5 Å². The van der Waals surface area contributed by atoms with Gasteiger partial charge in [-0.1, -0.05) is 52.3 Å². The van der Waals surface area contributed by atoms with Crippen molar-refractivity contribution in [2.75, 3.05) is 0 Å². The topological polar surface area (TPSA) is 26.0 Å². The minimum atomic E-state index is 0.0433. The second kappa shape index (κ2) is 5.98. The van der Waals surface area contributed by atoms with Crippen LogP contribution in [0, 0.1) is 3.57 Å². The molecule has 0 heterocycles. The predicted octanol–water partition coefficient (Wildman–Crippen LogP) is 4.30. The fraction of sp³-hybridized carbons (Fsp3) is 0.143. The summed E-state index contributed by atoms with van der Waals surface area (Å²) in [6.45, 7) is 0. The zero-order chi connectivity index (χ0) is 12.3. The predicted molar refractivity (Wildman–Crippen MR) is 83.9 cm³/mol. The van der Waals surface area contributed by atoms with Crippen LogP contribution in [-0.2, 0) is 6.42 Å². The summed E-state index contributed by atoms with van der Waals surface area (Å²) in [4.78, 5) is 0. The first-order valence-electron chi connectivity index (χ1n) is 5.42. The van der Waals surface area contributed by atoms with Crippen LogP contribution in [0.1, 0.15) is 17.2 Å². The first-order chi connectivity index (χ1) is 8.18. The lowest BCUT2D eigenvalue weighted by molar-refractivity contribution is 0.716. The van der Waals surface area contributed by atoms with Gasteiger partial charge in [-0.2, -0.15) is 0 Å². The van der Waals surface area contributed by atoms with Gasteiger partial charge in [0.2, 0.25) is 0 Å². The minimum Gasteiger partial charge on any atom is -0.324 e. The van der Waals surface area contributed by atoms with Crippen molar-refractivity contribution in [3.63, 3.8) is 0 Å². The molecule has 0 aliphatic rings. The van der Waals surface area contributed by atoms with Crippen molar-refractivity contribution in [2.45, 2.75) is 12.5 Å². The maximum Gasteiger partial charge on any atom is 0.0346 e. The molecule has 0 spiro atoms. The lowest BCUT2D eigenvalue weighted by Gasteiger charge is -2.14. The van der Waals surface area contributed by atoms with Crippen LogP contribution in [0.25, 0.3) is 0 Å². The van der Waals surface area contributed by atoms with Crippen molar-refractivity contribution in [1.82, 2.24) is 0 Å². The largest absolute Gasteiger partial charge is 0.324 e. The first-order valence-corrected chi connectivity index (χ1v) is 7.29. The summed E-state index contributed by atoms with van der Waals surface area (Å²) in [6, 6.07) is 16.5. The van der Waals surface area contributed by atoms with Crippen molar-refractivity contribution in [3.8, 4) is 0 Å². The summed E-state index contributed by atoms with van der Waals surface area (Å²) >= 11 is 5.89. The molecule has 0 amide bonds. The third kappa shape index (κ3) is 3.30. The van der Waals surface area contributed by atoms with Crippen LogP contribution in [0.5, 0.6) is 0 Å². The highest BCUT2D eigenvalue weighted by Gasteiger charge is 2.11. The summed E-state index contributed by atoms with van der Waals surface area (Å²) < 4.78 is 2.35. The number of hydrogen-bond acceptors (Lipinski definition) is 1. The summed E-state index contributed by atoms with van der Waals surface area (Å²) in [5.74, 6) is 0. The van der Waals surface area contributed by atoms with Crippen LogP contribution in [0.3, 0.4) is 0 Å². The highest BCUT2D eigenvalue weighted by molar-refractivity contribution is 14.1. The Morgan fingerprint density at radius 1 is 1.06 bits per heavy atom. The van der Waals surface area contributed by atoms with Gasteiger partial charge < -0.3 is 5.73 Å². The molecule has 1 nitrogen and oxygen atoms in total. The Labute approximate surface area is 124 Å². The summed E-state index contributed by atoms with van der Waals surface area (Å²) in [5, 5.41) is 0. The summed E-state index contributed by atoms with van der Waals surface area (Å²) in [6.07, 6.45) is 0.849. The molecule has 0 radical (unpaired) electrons. The average molecular weight is 402 g/mol. The molecule has 0 aliphatic carbocycles. The Hall–Kier alpha value is -0.390. The SMILES string of the molecule is NC(Cc1ccccc1Br)c1ccccc1I. The molecule has 2 rings (SSSR count). The van der Waals surface area contributed by atoms with Gasteiger partial charge in [0, 0.05) is 14.1 Å². The smallest absolute Gasteiger partial charge is 0.0346 e. The van der Waals surface area contributed by atoms with Gasteiger partial charge in [-0.05, 0) is 52.3 Å². The quantitative estimate of drug-likeness (QED) is 0.762. The first kappa shape index (κ1) is 13.1. The maximum absolute atomic E-state index is 6.27. The molecular weight excluding hydrogens is 389 g/mol. The highest BCUT2D eigenvalue weighted by atomic mass is 127. The molecule has 2 aromatic rings. The molecule has 17 heavy (non-hydrogen) atoms. The van der Waals surface area contributed by atoms with Crippen molar-refractivity contribution >= 4 is 38.5 Å². The van der Waals surface area contributed by atoms with E-state index in [9.17, 15) is 0 Å². The van der Waals surface area contributed by atoms with E-state index in [2.05, 4.69) is 62.8 Å². The second-order valence-electron chi connectivity index (χ2n) is 3.92. The van der Waals surface area contributed by atoms with Gasteiger partial charge >= 0.3 is 0 Å². The van der Waals surface area contributed by atoms with E-state index >= 15 is 0 Å². The molecule has 0 saturated heterocycles. The van der Waals surface area contributed by atoms with Crippen LogP contribution in [0.2, 0.25) is 0 Å². The highest BCUT2D eigenvalue weighted by Crippen LogP contribution is 2.24. The van der Waals surface area contributed by atoms with E-state index in [1.165, 1.54) is 14.7 Å². The zero-order valence-electron chi connectivity index (χ0n) is 9.24. The fourth-order valence-electron chi connectivity index (χ4n) is 1.79. The van der Waals surface area contributed by atoms with Gasteiger partial charge in [-0.25, -0.2) is 0 Å². The zero-order valence-corrected chi connectivity index (χ0v) is 13.0. The van der Waals surface area contributed by atoms with E-state index in [1.807, 2.05) is 24.3 Å². The van der Waals surface area contributed by atoms with Crippen LogP contribution in [-0.4, -0.2) is 0 Å². The van der Waals surface area contributed by atoms with Crippen molar-refractivity contribution in [3.05, 3.63) is 67.7 Å². The van der Waals surface area contributed by atoms with Gasteiger partial charge in [-0.3, -0.25) is 0 Å². The van der Waals surface area contributed by atoms with Gasteiger partial charge in [0.15, 0.2) is 0 Å². The van der Waals surface area contributed by atoms with E-state index < -0.39 is 0 Å². The summed E-state index contributed by atoms with van der Waals surface area (Å²) in [7, 11) is 0. The fourth-order valence-corrected chi connectivity index (χ4v) is 3.02. The number of hydrogen-bond donors (Lipinski definition) is 1. The Morgan fingerprint density at radius 2 is 1.71 bits per heavy atom. The monoisotopic (exact) mass is 401 g/mol. The molecule has 2 N–H and O–H groups in total. The lowest BCUT2D eigenvalue weighted by Crippen LogP contribution is -2.14. The molecule has 0 bridgehead atoms. The van der Waals surface area contributed by atoms with Crippen LogP contribution in [0.15, 0.2) is 53.0 Å². The second-order valence-corrected chi connectivity index (χ2v) is 5.94. The molecule has 1 atom stereocenters. The maximum atomic E-state index is 6.27. The molecule has 2 aromatic carbocycles. The molecule has 0 aromatic heterocycles. The Kier molecular flexibility index (Phi) is 4.59. The number of benzene rings is 2. The van der Waals surface area contributed by atoms with Crippen molar-refractivity contribution in [2.24, 2.45) is 5.73 Å². The van der Waals surface area contributed by atoms with Crippen LogP contribution in [0.4, 0.5) is 0 Å². The molecule has 0 aliphatic heterocycles. The van der Waals surface area contributed by atoms with E-state index in [0.29, 0.717) is 0 Å².